The van der Waals surface area contributed by atoms with Gasteiger partial charge in [-0.3, -0.25) is 4.79 Å². The van der Waals surface area contributed by atoms with Crippen molar-refractivity contribution in [2.24, 2.45) is 5.92 Å². The van der Waals surface area contributed by atoms with Crippen molar-refractivity contribution in [1.82, 2.24) is 9.62 Å². The summed E-state index contributed by atoms with van der Waals surface area (Å²) in [7, 11) is -3.21. The van der Waals surface area contributed by atoms with E-state index in [-0.39, 0.29) is 11.8 Å². The Morgan fingerprint density at radius 1 is 1.27 bits per heavy atom. The molecule has 1 heterocycles. The van der Waals surface area contributed by atoms with Gasteiger partial charge in [-0.1, -0.05) is 31.2 Å². The summed E-state index contributed by atoms with van der Waals surface area (Å²) in [4.78, 5) is 12.2. The maximum Gasteiger partial charge on any atom is 0.224 e. The highest BCUT2D eigenvalue weighted by atomic mass is 32.2. The van der Waals surface area contributed by atoms with Crippen molar-refractivity contribution in [3.8, 4) is 0 Å². The molecule has 1 aromatic carbocycles. The summed E-state index contributed by atoms with van der Waals surface area (Å²) in [5.41, 5.74) is 2.33. The normalized spacial score (nSPS) is 19.8. The van der Waals surface area contributed by atoms with Gasteiger partial charge in [0.1, 0.15) is 0 Å². The summed E-state index contributed by atoms with van der Waals surface area (Å²) in [6.45, 7) is 3.39. The number of nitrogens with zero attached hydrogens (tertiary/aromatic N) is 1. The number of rotatable bonds is 5. The molecule has 0 aliphatic carbocycles. The van der Waals surface area contributed by atoms with Crippen LogP contribution < -0.4 is 5.32 Å². The van der Waals surface area contributed by atoms with Crippen molar-refractivity contribution < 1.29 is 13.2 Å². The van der Waals surface area contributed by atoms with Crippen LogP contribution in [0.15, 0.2) is 24.3 Å². The first-order chi connectivity index (χ1) is 10.4. The van der Waals surface area contributed by atoms with Crippen molar-refractivity contribution in [3.05, 3.63) is 35.4 Å². The summed E-state index contributed by atoms with van der Waals surface area (Å²) in [6.07, 6.45) is 3.67. The van der Waals surface area contributed by atoms with Crippen LogP contribution >= 0.6 is 0 Å². The van der Waals surface area contributed by atoms with Crippen LogP contribution in [-0.4, -0.2) is 38.0 Å². The van der Waals surface area contributed by atoms with Gasteiger partial charge in [0.15, 0.2) is 0 Å². The zero-order valence-electron chi connectivity index (χ0n) is 13.2. The summed E-state index contributed by atoms with van der Waals surface area (Å²) in [6, 6.07) is 8.16. The third-order valence-electron chi connectivity index (χ3n) is 4.12. The fourth-order valence-electron chi connectivity index (χ4n) is 2.68. The number of benzene rings is 1. The van der Waals surface area contributed by atoms with E-state index in [4.69, 9.17) is 0 Å². The predicted molar refractivity (Wildman–Crippen MR) is 86.8 cm³/mol. The molecule has 1 N–H and O–H groups in total. The van der Waals surface area contributed by atoms with Gasteiger partial charge in [-0.15, -0.1) is 0 Å². The zero-order chi connectivity index (χ0) is 16.2. The van der Waals surface area contributed by atoms with Gasteiger partial charge >= 0.3 is 0 Å². The van der Waals surface area contributed by atoms with Crippen LogP contribution in [0.1, 0.15) is 30.9 Å². The minimum absolute atomic E-state index is 0.0621. The van der Waals surface area contributed by atoms with Gasteiger partial charge in [0.05, 0.1) is 12.2 Å². The van der Waals surface area contributed by atoms with E-state index in [1.165, 1.54) is 16.1 Å². The average molecular weight is 324 g/mol. The third kappa shape index (κ3) is 4.55. The highest BCUT2D eigenvalue weighted by molar-refractivity contribution is 7.88. The van der Waals surface area contributed by atoms with Crippen LogP contribution in [0.25, 0.3) is 0 Å². The Morgan fingerprint density at radius 3 is 2.50 bits per heavy atom. The molecule has 5 nitrogen and oxygen atoms in total. The minimum Gasteiger partial charge on any atom is -0.352 e. The highest BCUT2D eigenvalue weighted by Crippen LogP contribution is 2.19. The first kappa shape index (κ1) is 17.0. The van der Waals surface area contributed by atoms with Crippen molar-refractivity contribution in [2.45, 2.75) is 32.7 Å². The molecule has 1 aliphatic heterocycles. The zero-order valence-corrected chi connectivity index (χ0v) is 14.0. The topological polar surface area (TPSA) is 66.5 Å². The van der Waals surface area contributed by atoms with Gasteiger partial charge < -0.3 is 5.32 Å². The summed E-state index contributed by atoms with van der Waals surface area (Å²) < 4.78 is 24.6. The number of nitrogens with one attached hydrogen (secondary N) is 1. The largest absolute Gasteiger partial charge is 0.352 e. The molecule has 2 rings (SSSR count). The standard InChI is InChI=1S/C16H24N2O3S/c1-3-13-6-8-14(9-7-13)11-17-16(19)15-5-4-10-18(12-15)22(2,20)21/h6-9,15H,3-5,10-12H2,1-2H3,(H,17,19)/t15-/m1/s1. The van der Waals surface area contributed by atoms with E-state index in [1.54, 1.807) is 0 Å². The number of piperidine rings is 1. The summed E-state index contributed by atoms with van der Waals surface area (Å²) >= 11 is 0. The number of carbonyl (C=O) groups is 1. The molecule has 1 atom stereocenters. The lowest BCUT2D eigenvalue weighted by Crippen LogP contribution is -2.44. The quantitative estimate of drug-likeness (QED) is 0.893. The van der Waals surface area contributed by atoms with Crippen molar-refractivity contribution in [2.75, 3.05) is 19.3 Å². The van der Waals surface area contributed by atoms with Gasteiger partial charge in [0.2, 0.25) is 15.9 Å². The van der Waals surface area contributed by atoms with Crippen LogP contribution in [0.5, 0.6) is 0 Å². The molecule has 1 fully saturated rings. The van der Waals surface area contributed by atoms with E-state index in [9.17, 15) is 13.2 Å². The van der Waals surface area contributed by atoms with E-state index in [0.717, 1.165) is 24.8 Å². The van der Waals surface area contributed by atoms with Gasteiger partial charge in [0.25, 0.3) is 0 Å². The highest BCUT2D eigenvalue weighted by Gasteiger charge is 2.29. The second-order valence-electron chi connectivity index (χ2n) is 5.85. The summed E-state index contributed by atoms with van der Waals surface area (Å²) in [5.74, 6) is -0.314. The van der Waals surface area contributed by atoms with Crippen molar-refractivity contribution in [1.29, 1.82) is 0 Å². The van der Waals surface area contributed by atoms with Gasteiger partial charge in [-0.2, -0.15) is 0 Å². The molecule has 0 aromatic heterocycles. The molecule has 1 aliphatic rings. The van der Waals surface area contributed by atoms with Crippen LogP contribution in [0.2, 0.25) is 0 Å². The van der Waals surface area contributed by atoms with Crippen LogP contribution in [-0.2, 0) is 27.8 Å². The SMILES string of the molecule is CCc1ccc(CNC(=O)[C@@H]2CCCN(S(C)(=O)=O)C2)cc1. The number of amides is 1. The Balaban J connectivity index is 1.88. The minimum atomic E-state index is -3.21. The molecular formula is C16H24N2O3S. The Labute approximate surface area is 132 Å². The molecule has 122 valence electrons. The maximum atomic E-state index is 12.2. The predicted octanol–water partition coefficient (Wildman–Crippen LogP) is 1.54. The van der Waals surface area contributed by atoms with E-state index in [2.05, 4.69) is 24.4 Å². The molecular weight excluding hydrogens is 300 g/mol. The van der Waals surface area contributed by atoms with E-state index in [0.29, 0.717) is 19.6 Å². The molecule has 1 amide bonds. The van der Waals surface area contributed by atoms with E-state index >= 15 is 0 Å². The van der Waals surface area contributed by atoms with Gasteiger partial charge in [-0.25, -0.2) is 12.7 Å². The molecule has 0 radical (unpaired) electrons. The Kier molecular flexibility index (Phi) is 5.58. The first-order valence-corrected chi connectivity index (χ1v) is 9.55. The number of aryl methyl sites for hydroxylation is 1. The lowest BCUT2D eigenvalue weighted by Gasteiger charge is -2.30. The van der Waals surface area contributed by atoms with Crippen molar-refractivity contribution in [3.63, 3.8) is 0 Å². The lowest BCUT2D eigenvalue weighted by atomic mass is 9.98. The number of carbonyl (C=O) groups excluding carboxylic acids is 1. The monoisotopic (exact) mass is 324 g/mol. The Morgan fingerprint density at radius 2 is 1.91 bits per heavy atom. The molecule has 0 saturated carbocycles. The number of sulfonamides is 1. The number of hydrogen-bond donors (Lipinski definition) is 1. The average Bonchev–Trinajstić information content (AvgIpc) is 2.52. The Hall–Kier alpha value is -1.40. The molecule has 0 unspecified atom stereocenters. The van der Waals surface area contributed by atoms with E-state index in [1.807, 2.05) is 12.1 Å². The van der Waals surface area contributed by atoms with Crippen LogP contribution in [0, 0.1) is 5.92 Å². The van der Waals surface area contributed by atoms with E-state index < -0.39 is 10.0 Å². The second kappa shape index (κ2) is 7.24. The lowest BCUT2D eigenvalue weighted by molar-refractivity contribution is -0.126. The fourth-order valence-corrected chi connectivity index (χ4v) is 3.60. The maximum absolute atomic E-state index is 12.2. The van der Waals surface area contributed by atoms with Crippen LogP contribution in [0.3, 0.4) is 0 Å². The smallest absolute Gasteiger partial charge is 0.224 e. The molecule has 1 aromatic rings. The van der Waals surface area contributed by atoms with Crippen LogP contribution in [0.4, 0.5) is 0 Å². The Bertz CT molecular complexity index is 611. The first-order valence-electron chi connectivity index (χ1n) is 7.71. The molecule has 6 heteroatoms. The summed E-state index contributed by atoms with van der Waals surface area (Å²) in [5, 5.41) is 2.92. The number of hydrogen-bond acceptors (Lipinski definition) is 3. The molecule has 0 bridgehead atoms. The van der Waals surface area contributed by atoms with Gasteiger partial charge in [-0.05, 0) is 30.4 Å². The molecule has 22 heavy (non-hydrogen) atoms. The molecule has 0 spiro atoms. The third-order valence-corrected chi connectivity index (χ3v) is 5.39. The van der Waals surface area contributed by atoms with Crippen molar-refractivity contribution >= 4 is 15.9 Å². The second-order valence-corrected chi connectivity index (χ2v) is 7.83. The molecule has 1 saturated heterocycles. The fraction of sp³-hybridized carbons (Fsp3) is 0.562. The van der Waals surface area contributed by atoms with Gasteiger partial charge in [0, 0.05) is 19.6 Å².